The van der Waals surface area contributed by atoms with Crippen LogP contribution in [0.3, 0.4) is 0 Å². The van der Waals surface area contributed by atoms with Crippen LogP contribution in [0.2, 0.25) is 0 Å². The predicted molar refractivity (Wildman–Crippen MR) is 59.2 cm³/mol. The summed E-state index contributed by atoms with van der Waals surface area (Å²) in [5.74, 6) is -3.80. The second kappa shape index (κ2) is 4.56. The molecular weight excluding hydrogens is 238 g/mol. The fourth-order valence-corrected chi connectivity index (χ4v) is 2.12. The second-order valence-electron chi connectivity index (χ2n) is 4.25. The summed E-state index contributed by atoms with van der Waals surface area (Å²) in [6, 6.07) is 0. The van der Waals surface area contributed by atoms with Gasteiger partial charge in [-0.15, -0.1) is 0 Å². The SMILES string of the molecule is O=C1CCC(C2C=C(C(=O)O)C=CC2=O)C(=O)N1. The van der Waals surface area contributed by atoms with E-state index in [1.165, 1.54) is 12.2 Å². The van der Waals surface area contributed by atoms with Gasteiger partial charge in [-0.2, -0.15) is 0 Å². The van der Waals surface area contributed by atoms with Crippen molar-refractivity contribution < 1.29 is 24.3 Å². The molecule has 1 fully saturated rings. The molecule has 0 spiro atoms. The van der Waals surface area contributed by atoms with Crippen LogP contribution in [-0.2, 0) is 19.2 Å². The van der Waals surface area contributed by atoms with Crippen LogP contribution in [0.15, 0.2) is 23.8 Å². The maximum absolute atomic E-state index is 11.7. The largest absolute Gasteiger partial charge is 0.478 e. The van der Waals surface area contributed by atoms with Crippen LogP contribution in [0, 0.1) is 11.8 Å². The van der Waals surface area contributed by atoms with Crippen molar-refractivity contribution in [3.8, 4) is 0 Å². The van der Waals surface area contributed by atoms with E-state index < -0.39 is 23.7 Å². The number of carbonyl (C=O) groups is 4. The molecule has 0 bridgehead atoms. The molecule has 1 aliphatic carbocycles. The van der Waals surface area contributed by atoms with Gasteiger partial charge in [-0.05, 0) is 18.6 Å². The summed E-state index contributed by atoms with van der Waals surface area (Å²) in [7, 11) is 0. The summed E-state index contributed by atoms with van der Waals surface area (Å²) in [5, 5.41) is 11.0. The van der Waals surface area contributed by atoms with Crippen LogP contribution in [0.5, 0.6) is 0 Å². The summed E-state index contributed by atoms with van der Waals surface area (Å²) >= 11 is 0. The van der Waals surface area contributed by atoms with E-state index in [1.54, 1.807) is 0 Å². The first-order valence-corrected chi connectivity index (χ1v) is 5.50. The average molecular weight is 249 g/mol. The minimum absolute atomic E-state index is 0.00991. The van der Waals surface area contributed by atoms with E-state index in [1.807, 2.05) is 0 Å². The van der Waals surface area contributed by atoms with E-state index in [-0.39, 0.29) is 30.1 Å². The number of amides is 2. The van der Waals surface area contributed by atoms with Gasteiger partial charge in [-0.1, -0.05) is 6.08 Å². The normalized spacial score (nSPS) is 27.8. The number of ketones is 1. The van der Waals surface area contributed by atoms with Crippen LogP contribution >= 0.6 is 0 Å². The van der Waals surface area contributed by atoms with Gasteiger partial charge in [0, 0.05) is 6.42 Å². The van der Waals surface area contributed by atoms with Gasteiger partial charge in [0.2, 0.25) is 11.8 Å². The molecule has 1 aliphatic heterocycles. The molecule has 94 valence electrons. The molecule has 0 saturated carbocycles. The first kappa shape index (κ1) is 12.2. The zero-order chi connectivity index (χ0) is 13.3. The summed E-state index contributed by atoms with van der Waals surface area (Å²) in [6.07, 6.45) is 4.09. The summed E-state index contributed by atoms with van der Waals surface area (Å²) in [5.41, 5.74) is -0.00991. The Morgan fingerprint density at radius 2 is 2.00 bits per heavy atom. The van der Waals surface area contributed by atoms with Gasteiger partial charge in [0.25, 0.3) is 0 Å². The minimum atomic E-state index is -1.14. The highest BCUT2D eigenvalue weighted by atomic mass is 16.4. The fourth-order valence-electron chi connectivity index (χ4n) is 2.12. The molecule has 2 atom stereocenters. The van der Waals surface area contributed by atoms with Crippen molar-refractivity contribution in [3.63, 3.8) is 0 Å². The number of hydrogen-bond acceptors (Lipinski definition) is 4. The lowest BCUT2D eigenvalue weighted by Crippen LogP contribution is -2.45. The molecule has 0 radical (unpaired) electrons. The lowest BCUT2D eigenvalue weighted by atomic mass is 9.79. The van der Waals surface area contributed by atoms with Gasteiger partial charge >= 0.3 is 5.97 Å². The molecule has 18 heavy (non-hydrogen) atoms. The summed E-state index contributed by atoms with van der Waals surface area (Å²) in [6.45, 7) is 0. The molecule has 2 unspecified atom stereocenters. The topological polar surface area (TPSA) is 101 Å². The van der Waals surface area contributed by atoms with Crippen molar-refractivity contribution in [2.75, 3.05) is 0 Å². The van der Waals surface area contributed by atoms with Crippen molar-refractivity contribution in [2.24, 2.45) is 11.8 Å². The van der Waals surface area contributed by atoms with E-state index >= 15 is 0 Å². The second-order valence-corrected chi connectivity index (χ2v) is 4.25. The van der Waals surface area contributed by atoms with Crippen molar-refractivity contribution in [2.45, 2.75) is 12.8 Å². The van der Waals surface area contributed by atoms with Gasteiger partial charge in [0.1, 0.15) is 0 Å². The highest BCUT2D eigenvalue weighted by Gasteiger charge is 2.36. The van der Waals surface area contributed by atoms with Crippen molar-refractivity contribution in [1.82, 2.24) is 5.32 Å². The molecule has 0 aromatic rings. The summed E-state index contributed by atoms with van der Waals surface area (Å²) < 4.78 is 0. The lowest BCUT2D eigenvalue weighted by Gasteiger charge is -2.26. The van der Waals surface area contributed by atoms with Gasteiger partial charge in [0.15, 0.2) is 5.78 Å². The first-order valence-electron chi connectivity index (χ1n) is 5.50. The highest BCUT2D eigenvalue weighted by molar-refractivity contribution is 6.05. The zero-order valence-corrected chi connectivity index (χ0v) is 9.38. The van der Waals surface area contributed by atoms with Gasteiger partial charge in [-0.3, -0.25) is 19.7 Å². The molecule has 0 aromatic carbocycles. The molecule has 2 aliphatic rings. The number of carboxylic acids is 1. The third-order valence-electron chi connectivity index (χ3n) is 3.08. The molecule has 2 N–H and O–H groups in total. The number of aliphatic carboxylic acids is 1. The number of rotatable bonds is 2. The van der Waals surface area contributed by atoms with E-state index in [4.69, 9.17) is 5.11 Å². The lowest BCUT2D eigenvalue weighted by molar-refractivity contribution is -0.140. The number of nitrogens with one attached hydrogen (secondary N) is 1. The van der Waals surface area contributed by atoms with Crippen LogP contribution < -0.4 is 5.32 Å². The van der Waals surface area contributed by atoms with E-state index in [0.717, 1.165) is 6.08 Å². The van der Waals surface area contributed by atoms with Crippen molar-refractivity contribution >= 4 is 23.6 Å². The van der Waals surface area contributed by atoms with Crippen LogP contribution in [0.1, 0.15) is 12.8 Å². The maximum Gasteiger partial charge on any atom is 0.335 e. The third-order valence-corrected chi connectivity index (χ3v) is 3.08. The zero-order valence-electron chi connectivity index (χ0n) is 9.38. The van der Waals surface area contributed by atoms with Crippen LogP contribution in [0.4, 0.5) is 0 Å². The fraction of sp³-hybridized carbons (Fsp3) is 0.333. The Morgan fingerprint density at radius 1 is 1.28 bits per heavy atom. The molecule has 6 heteroatoms. The van der Waals surface area contributed by atoms with Gasteiger partial charge in [0.05, 0.1) is 17.4 Å². The molecule has 6 nitrogen and oxygen atoms in total. The Labute approximate surface area is 102 Å². The maximum atomic E-state index is 11.7. The van der Waals surface area contributed by atoms with Crippen LogP contribution in [-0.4, -0.2) is 28.7 Å². The molecule has 2 amide bonds. The molecule has 1 heterocycles. The van der Waals surface area contributed by atoms with E-state index in [9.17, 15) is 19.2 Å². The number of piperidine rings is 1. The molecule has 1 saturated heterocycles. The first-order chi connectivity index (χ1) is 8.49. The number of carboxylic acid groups (broad SMARTS) is 1. The Kier molecular flexibility index (Phi) is 3.10. The van der Waals surface area contributed by atoms with Crippen LogP contribution in [0.25, 0.3) is 0 Å². The number of imide groups is 1. The quantitative estimate of drug-likeness (QED) is 0.660. The summed E-state index contributed by atoms with van der Waals surface area (Å²) in [4.78, 5) is 45.2. The van der Waals surface area contributed by atoms with E-state index in [0.29, 0.717) is 0 Å². The standard InChI is InChI=1S/C12H11NO5/c14-9-3-1-6(12(17)18)5-8(9)7-2-4-10(15)13-11(7)16/h1,3,5,7-8H,2,4H2,(H,17,18)(H,13,15,16). The van der Waals surface area contributed by atoms with Gasteiger partial charge in [-0.25, -0.2) is 4.79 Å². The van der Waals surface area contributed by atoms with Crippen molar-refractivity contribution in [3.05, 3.63) is 23.8 Å². The molecule has 0 aromatic heterocycles. The Bertz CT molecular complexity index is 503. The predicted octanol–water partition coefficient (Wildman–Crippen LogP) is -0.195. The number of carbonyl (C=O) groups excluding carboxylic acids is 3. The Hall–Kier alpha value is -2.24. The molecule has 2 rings (SSSR count). The van der Waals surface area contributed by atoms with Crippen molar-refractivity contribution in [1.29, 1.82) is 0 Å². The monoisotopic (exact) mass is 249 g/mol. The highest BCUT2D eigenvalue weighted by Crippen LogP contribution is 2.27. The smallest absolute Gasteiger partial charge is 0.335 e. The Morgan fingerprint density at radius 3 is 2.61 bits per heavy atom. The van der Waals surface area contributed by atoms with Gasteiger partial charge < -0.3 is 5.11 Å². The average Bonchev–Trinajstić information content (AvgIpc) is 2.30. The van der Waals surface area contributed by atoms with E-state index in [2.05, 4.69) is 5.32 Å². The number of allylic oxidation sites excluding steroid dienone is 2. The third kappa shape index (κ3) is 2.22. The minimum Gasteiger partial charge on any atom is -0.478 e. The Balaban J connectivity index is 2.24. The molecular formula is C12H11NO5. The number of hydrogen-bond donors (Lipinski definition) is 2.